The van der Waals surface area contributed by atoms with Crippen molar-refractivity contribution < 1.29 is 14.8 Å². The molecule has 4 rings (SSSR count). The highest BCUT2D eigenvalue weighted by Gasteiger charge is 2.34. The van der Waals surface area contributed by atoms with Crippen LogP contribution in [0.5, 0.6) is 0 Å². The van der Waals surface area contributed by atoms with Gasteiger partial charge in [-0.2, -0.15) is 0 Å². The summed E-state index contributed by atoms with van der Waals surface area (Å²) >= 11 is 1.59. The number of para-hydroxylation sites is 1. The van der Waals surface area contributed by atoms with Gasteiger partial charge in [-0.15, -0.1) is 17.9 Å². The number of thiophene rings is 1. The van der Waals surface area contributed by atoms with E-state index in [2.05, 4.69) is 22.9 Å². The molecule has 0 amide bonds. The summed E-state index contributed by atoms with van der Waals surface area (Å²) < 4.78 is 6.11. The van der Waals surface area contributed by atoms with E-state index in [4.69, 9.17) is 4.74 Å². The van der Waals surface area contributed by atoms with Crippen molar-refractivity contribution in [2.75, 3.05) is 6.54 Å². The number of hydrogen-bond acceptors (Lipinski definition) is 4. The largest absolute Gasteiger partial charge is 0.451 e. The maximum atomic E-state index is 12.7. The molecular weight excluding hydrogens is 368 g/mol. The fourth-order valence-electron chi connectivity index (χ4n) is 3.97. The first-order chi connectivity index (χ1) is 13.7. The maximum absolute atomic E-state index is 12.7. The van der Waals surface area contributed by atoms with Crippen LogP contribution in [-0.4, -0.2) is 23.5 Å². The van der Waals surface area contributed by atoms with E-state index < -0.39 is 0 Å². The van der Waals surface area contributed by atoms with E-state index in [1.54, 1.807) is 11.3 Å². The number of piperidine rings is 1. The zero-order valence-corrected chi connectivity index (χ0v) is 16.6. The van der Waals surface area contributed by atoms with Crippen LogP contribution < -0.4 is 5.32 Å². The molecular formula is C23H25N2O2S+. The second-order valence-electron chi connectivity index (χ2n) is 7.29. The predicted molar refractivity (Wildman–Crippen MR) is 112 cm³/mol. The lowest BCUT2D eigenvalue weighted by Crippen LogP contribution is -2.93. The number of pyridine rings is 1. The molecule has 1 aromatic carbocycles. The number of quaternary nitrogens is 1. The Hall–Kier alpha value is -2.50. The van der Waals surface area contributed by atoms with Gasteiger partial charge in [-0.05, 0) is 30.0 Å². The average Bonchev–Trinajstić information content (AvgIpc) is 3.25. The summed E-state index contributed by atoms with van der Waals surface area (Å²) in [6.45, 7) is 4.91. The SMILES string of the molecule is C=CC1CCC(C(OC(=O)Cc2cccs2)c2ccnc3ccccc23)[NH2+]C1. The summed E-state index contributed by atoms with van der Waals surface area (Å²) in [5.41, 5.74) is 1.97. The van der Waals surface area contributed by atoms with Crippen LogP contribution in [0.15, 0.2) is 66.7 Å². The monoisotopic (exact) mass is 393 g/mol. The second-order valence-corrected chi connectivity index (χ2v) is 8.32. The third kappa shape index (κ3) is 4.16. The van der Waals surface area contributed by atoms with E-state index in [1.807, 2.05) is 54.1 Å². The lowest BCUT2D eigenvalue weighted by molar-refractivity contribution is -0.709. The van der Waals surface area contributed by atoms with Gasteiger partial charge in [0.15, 0.2) is 6.10 Å². The molecule has 1 saturated heterocycles. The highest BCUT2D eigenvalue weighted by atomic mass is 32.1. The smallest absolute Gasteiger partial charge is 0.311 e. The van der Waals surface area contributed by atoms with Crippen LogP contribution in [0.1, 0.15) is 29.4 Å². The first-order valence-electron chi connectivity index (χ1n) is 9.76. The van der Waals surface area contributed by atoms with Crippen molar-refractivity contribution in [2.24, 2.45) is 5.92 Å². The molecule has 28 heavy (non-hydrogen) atoms. The van der Waals surface area contributed by atoms with E-state index in [-0.39, 0.29) is 18.1 Å². The third-order valence-corrected chi connectivity index (χ3v) is 6.36. The quantitative estimate of drug-likeness (QED) is 0.514. The Morgan fingerprint density at radius 2 is 2.18 bits per heavy atom. The summed E-state index contributed by atoms with van der Waals surface area (Å²) in [6, 6.07) is 14.2. The lowest BCUT2D eigenvalue weighted by atomic mass is 9.88. The molecule has 3 atom stereocenters. The molecule has 4 nitrogen and oxygen atoms in total. The second kappa shape index (κ2) is 8.67. The van der Waals surface area contributed by atoms with Crippen LogP contribution in [-0.2, 0) is 16.0 Å². The van der Waals surface area contributed by atoms with Crippen molar-refractivity contribution in [1.29, 1.82) is 0 Å². The number of carbonyl (C=O) groups is 1. The molecule has 3 unspecified atom stereocenters. The molecule has 0 spiro atoms. The molecule has 3 aromatic rings. The fraction of sp³-hybridized carbons (Fsp3) is 0.304. The van der Waals surface area contributed by atoms with Crippen LogP contribution in [0.25, 0.3) is 10.9 Å². The number of benzene rings is 1. The number of aromatic nitrogens is 1. The van der Waals surface area contributed by atoms with E-state index in [9.17, 15) is 4.79 Å². The summed E-state index contributed by atoms with van der Waals surface area (Å²) in [6.07, 6.45) is 5.95. The highest BCUT2D eigenvalue weighted by Crippen LogP contribution is 2.30. The van der Waals surface area contributed by atoms with Gasteiger partial charge in [0.25, 0.3) is 0 Å². The van der Waals surface area contributed by atoms with Crippen molar-refractivity contribution in [3.05, 3.63) is 77.1 Å². The van der Waals surface area contributed by atoms with E-state index in [0.717, 1.165) is 40.7 Å². The van der Waals surface area contributed by atoms with Gasteiger partial charge in [0.1, 0.15) is 6.04 Å². The van der Waals surface area contributed by atoms with Gasteiger partial charge >= 0.3 is 5.97 Å². The predicted octanol–water partition coefficient (Wildman–Crippen LogP) is 3.65. The Balaban J connectivity index is 1.63. The molecule has 0 bridgehead atoms. The number of rotatable bonds is 6. The summed E-state index contributed by atoms with van der Waals surface area (Å²) in [4.78, 5) is 18.2. The summed E-state index contributed by atoms with van der Waals surface area (Å²) in [5.74, 6) is 0.348. The number of hydrogen-bond donors (Lipinski definition) is 1. The first-order valence-corrected chi connectivity index (χ1v) is 10.6. The minimum absolute atomic E-state index is 0.174. The normalized spacial score (nSPS) is 20.6. The molecule has 0 radical (unpaired) electrons. The standard InChI is InChI=1S/C23H24N2O2S/c1-2-16-9-10-21(25-15-16)23(27-22(26)14-17-6-5-13-28-17)19-11-12-24-20-8-4-3-7-18(19)20/h2-8,11-13,16,21,23,25H,1,9-10,14-15H2/p+1. The van der Waals surface area contributed by atoms with Crippen molar-refractivity contribution in [3.8, 4) is 0 Å². The Kier molecular flexibility index (Phi) is 5.84. The number of ether oxygens (including phenoxy) is 1. The Morgan fingerprint density at radius 3 is 2.93 bits per heavy atom. The molecule has 144 valence electrons. The first kappa shape index (κ1) is 18.8. The summed E-state index contributed by atoms with van der Waals surface area (Å²) in [7, 11) is 0. The van der Waals surface area contributed by atoms with Crippen molar-refractivity contribution in [1.82, 2.24) is 4.98 Å². The van der Waals surface area contributed by atoms with Gasteiger partial charge in [-0.1, -0.05) is 30.3 Å². The van der Waals surface area contributed by atoms with Crippen LogP contribution in [0, 0.1) is 5.92 Å². The average molecular weight is 394 g/mol. The number of esters is 1. The van der Waals surface area contributed by atoms with Gasteiger partial charge in [0.2, 0.25) is 0 Å². The molecule has 1 aliphatic rings. The Morgan fingerprint density at radius 1 is 1.29 bits per heavy atom. The number of nitrogens with two attached hydrogens (primary N) is 1. The lowest BCUT2D eigenvalue weighted by Gasteiger charge is -2.31. The van der Waals surface area contributed by atoms with Gasteiger partial charge in [-0.3, -0.25) is 9.78 Å². The molecule has 1 aliphatic heterocycles. The fourth-order valence-corrected chi connectivity index (χ4v) is 4.66. The Bertz CT molecular complexity index is 941. The van der Waals surface area contributed by atoms with Crippen molar-refractivity contribution >= 4 is 28.2 Å². The minimum atomic E-state index is -0.286. The van der Waals surface area contributed by atoms with Crippen LogP contribution in [0.3, 0.4) is 0 Å². The van der Waals surface area contributed by atoms with Gasteiger partial charge in [0, 0.05) is 34.4 Å². The number of nitrogens with zero attached hydrogens (tertiary/aromatic N) is 1. The molecule has 3 heterocycles. The molecule has 5 heteroatoms. The zero-order chi connectivity index (χ0) is 19.3. The van der Waals surface area contributed by atoms with E-state index in [0.29, 0.717) is 12.3 Å². The van der Waals surface area contributed by atoms with Crippen LogP contribution in [0.2, 0.25) is 0 Å². The van der Waals surface area contributed by atoms with Gasteiger partial charge in [-0.25, -0.2) is 0 Å². The van der Waals surface area contributed by atoms with Crippen LogP contribution >= 0.6 is 11.3 Å². The molecule has 0 saturated carbocycles. The van der Waals surface area contributed by atoms with E-state index in [1.165, 1.54) is 0 Å². The van der Waals surface area contributed by atoms with Gasteiger partial charge < -0.3 is 10.1 Å². The Labute approximate surface area is 169 Å². The van der Waals surface area contributed by atoms with Crippen molar-refractivity contribution in [2.45, 2.75) is 31.4 Å². The maximum Gasteiger partial charge on any atom is 0.311 e. The highest BCUT2D eigenvalue weighted by molar-refractivity contribution is 7.10. The topological polar surface area (TPSA) is 55.8 Å². The molecule has 2 N–H and O–H groups in total. The number of fused-ring (bicyclic) bond motifs is 1. The zero-order valence-electron chi connectivity index (χ0n) is 15.8. The minimum Gasteiger partial charge on any atom is -0.451 e. The van der Waals surface area contributed by atoms with Crippen molar-refractivity contribution in [3.63, 3.8) is 0 Å². The van der Waals surface area contributed by atoms with Gasteiger partial charge in [0.05, 0.1) is 18.5 Å². The molecule has 2 aromatic heterocycles. The number of carbonyl (C=O) groups excluding carboxylic acids is 1. The van der Waals surface area contributed by atoms with Crippen LogP contribution in [0.4, 0.5) is 0 Å². The van der Waals surface area contributed by atoms with E-state index >= 15 is 0 Å². The molecule has 1 fully saturated rings. The summed E-state index contributed by atoms with van der Waals surface area (Å²) in [5, 5.41) is 5.35. The molecule has 0 aliphatic carbocycles. The third-order valence-electron chi connectivity index (χ3n) is 5.48.